The molecule has 112 valence electrons. The molecule has 1 aliphatic rings. The Morgan fingerprint density at radius 2 is 1.85 bits per heavy atom. The number of halogens is 3. The van der Waals surface area contributed by atoms with E-state index in [-0.39, 0.29) is 77.1 Å². The second-order valence-electron chi connectivity index (χ2n) is 5.99. The van der Waals surface area contributed by atoms with Crippen LogP contribution in [0.5, 0.6) is 0 Å². The van der Waals surface area contributed by atoms with Gasteiger partial charge in [-0.25, -0.2) is 4.79 Å². The van der Waals surface area contributed by atoms with E-state index in [1.807, 2.05) is 0 Å². The zero-order chi connectivity index (χ0) is 14.8. The molecule has 0 bridgehead atoms. The van der Waals surface area contributed by atoms with Gasteiger partial charge in [0.25, 0.3) is 0 Å². The third kappa shape index (κ3) is 7.65. The first-order valence-corrected chi connectivity index (χ1v) is 6.41. The van der Waals surface area contributed by atoms with Gasteiger partial charge in [0.05, 0.1) is 0 Å². The minimum Gasteiger partial charge on any atom is -0.448 e. The Bertz CT molecular complexity index is 337. The van der Waals surface area contributed by atoms with E-state index in [1.54, 1.807) is 27.7 Å². The van der Waals surface area contributed by atoms with E-state index in [1.165, 1.54) is 9.80 Å². The number of ether oxygens (including phenoxy) is 1. The summed E-state index contributed by atoms with van der Waals surface area (Å²) < 4.78 is 42.3. The first-order valence-electron chi connectivity index (χ1n) is 6.41. The Kier molecular flexibility index (Phi) is 8.11. The summed E-state index contributed by atoms with van der Waals surface area (Å²) in [4.78, 5) is 14.7. The first-order chi connectivity index (χ1) is 8.48. The number of carbonyl (C=O) groups excluding carboxylic acids is 1. The molecule has 4 nitrogen and oxygen atoms in total. The average molecular weight is 320 g/mol. The van der Waals surface area contributed by atoms with Gasteiger partial charge in [-0.05, 0) is 34.1 Å². The van der Waals surface area contributed by atoms with E-state index >= 15 is 0 Å². The van der Waals surface area contributed by atoms with Crippen molar-refractivity contribution in [1.82, 2.24) is 9.80 Å². The smallest absolute Gasteiger partial charge is 0.448 e. The second-order valence-corrected chi connectivity index (χ2v) is 5.99. The van der Waals surface area contributed by atoms with Gasteiger partial charge in [-0.3, -0.25) is 0 Å². The average Bonchev–Trinajstić information content (AvgIpc) is 2.11. The van der Waals surface area contributed by atoms with Crippen LogP contribution in [0.15, 0.2) is 0 Å². The maximum absolute atomic E-state index is 12.4. The Hall–Kier alpha value is 0.721. The van der Waals surface area contributed by atoms with Crippen molar-refractivity contribution in [2.75, 3.05) is 26.1 Å². The SMILES string of the molecule is C[C@@H]1CN(C[B-](F)(F)F)CCN1C(=O)OC(C)(C)C.[K+]. The van der Waals surface area contributed by atoms with Gasteiger partial charge in [-0.1, -0.05) is 0 Å². The molecular weight excluding hydrogens is 299 g/mol. The maximum Gasteiger partial charge on any atom is 1.00 e. The van der Waals surface area contributed by atoms with E-state index in [0.29, 0.717) is 0 Å². The monoisotopic (exact) mass is 320 g/mol. The van der Waals surface area contributed by atoms with E-state index in [9.17, 15) is 17.7 Å². The molecule has 1 atom stereocenters. The second kappa shape index (κ2) is 7.82. The van der Waals surface area contributed by atoms with Gasteiger partial charge < -0.3 is 27.5 Å². The van der Waals surface area contributed by atoms with Gasteiger partial charge >= 0.3 is 64.5 Å². The summed E-state index contributed by atoms with van der Waals surface area (Å²) in [6.07, 6.45) is -1.33. The van der Waals surface area contributed by atoms with Crippen LogP contribution in [0, 0.1) is 0 Å². The molecule has 1 rings (SSSR count). The molecule has 0 N–H and O–H groups in total. The summed E-state index contributed by atoms with van der Waals surface area (Å²) in [5.74, 6) is 0. The van der Waals surface area contributed by atoms with Crippen molar-refractivity contribution in [3.05, 3.63) is 0 Å². The van der Waals surface area contributed by atoms with Crippen molar-refractivity contribution < 1.29 is 73.9 Å². The fourth-order valence-electron chi connectivity index (χ4n) is 2.08. The fraction of sp³-hybridized carbons (Fsp3) is 0.909. The van der Waals surface area contributed by atoms with Crippen molar-refractivity contribution in [2.24, 2.45) is 0 Å². The van der Waals surface area contributed by atoms with Gasteiger partial charge in [0, 0.05) is 25.7 Å². The molecule has 1 heterocycles. The van der Waals surface area contributed by atoms with Gasteiger partial charge in [0.15, 0.2) is 0 Å². The summed E-state index contributed by atoms with van der Waals surface area (Å²) in [5, 5.41) is 0. The Balaban J connectivity index is 0.00000361. The molecule has 0 aromatic heterocycles. The summed E-state index contributed by atoms with van der Waals surface area (Å²) in [7, 11) is 0. The Labute approximate surface area is 160 Å². The van der Waals surface area contributed by atoms with Gasteiger partial charge in [-0.15, -0.1) is 0 Å². The molecule has 1 aliphatic heterocycles. The Morgan fingerprint density at radius 3 is 2.25 bits per heavy atom. The van der Waals surface area contributed by atoms with Crippen molar-refractivity contribution in [2.45, 2.75) is 39.3 Å². The normalized spacial score (nSPS) is 21.4. The molecule has 20 heavy (non-hydrogen) atoms. The molecule has 1 saturated heterocycles. The number of hydrogen-bond acceptors (Lipinski definition) is 3. The molecule has 0 aromatic carbocycles. The number of carbonyl (C=O) groups is 1. The van der Waals surface area contributed by atoms with E-state index in [4.69, 9.17) is 4.74 Å². The third-order valence-corrected chi connectivity index (χ3v) is 2.80. The first kappa shape index (κ1) is 20.7. The molecule has 9 heteroatoms. The zero-order valence-corrected chi connectivity index (χ0v) is 16.0. The van der Waals surface area contributed by atoms with Gasteiger partial charge in [-0.2, -0.15) is 0 Å². The third-order valence-electron chi connectivity index (χ3n) is 2.80. The number of nitrogens with zero attached hydrogens (tertiary/aromatic N) is 2. The fourth-order valence-corrected chi connectivity index (χ4v) is 2.08. The summed E-state index contributed by atoms with van der Waals surface area (Å²) in [6, 6.07) is -0.276. The number of rotatable bonds is 2. The van der Waals surface area contributed by atoms with Crippen LogP contribution in [0.3, 0.4) is 0 Å². The maximum atomic E-state index is 12.4. The molecule has 0 aliphatic carbocycles. The van der Waals surface area contributed by atoms with Crippen molar-refractivity contribution in [3.8, 4) is 0 Å². The van der Waals surface area contributed by atoms with Crippen LogP contribution in [0.4, 0.5) is 17.7 Å². The quantitative estimate of drug-likeness (QED) is 0.632. The van der Waals surface area contributed by atoms with Crippen LogP contribution in [0.25, 0.3) is 0 Å². The van der Waals surface area contributed by atoms with E-state index in [0.717, 1.165) is 0 Å². The topological polar surface area (TPSA) is 32.8 Å². The molecule has 0 aromatic rings. The predicted molar refractivity (Wildman–Crippen MR) is 67.9 cm³/mol. The Morgan fingerprint density at radius 1 is 1.30 bits per heavy atom. The molecule has 0 unspecified atom stereocenters. The zero-order valence-electron chi connectivity index (χ0n) is 12.8. The van der Waals surface area contributed by atoms with Crippen LogP contribution in [0.1, 0.15) is 27.7 Å². The van der Waals surface area contributed by atoms with E-state index in [2.05, 4.69) is 0 Å². The van der Waals surface area contributed by atoms with Crippen LogP contribution in [-0.2, 0) is 4.74 Å². The van der Waals surface area contributed by atoms with Crippen LogP contribution < -0.4 is 51.4 Å². The standard InChI is InChI=1S/C11H21BF3N2O2.K/c1-9-7-16(8-12(13,14)15)5-6-17(9)10(18)19-11(2,3)4;/h9H,5-8H2,1-4H3;/q-1;+1/t9-;/m1./s1. The van der Waals surface area contributed by atoms with Gasteiger partial charge in [0.2, 0.25) is 0 Å². The predicted octanol–water partition coefficient (Wildman–Crippen LogP) is -0.682. The molecule has 0 saturated carbocycles. The van der Waals surface area contributed by atoms with Crippen LogP contribution >= 0.6 is 0 Å². The molecule has 0 radical (unpaired) electrons. The molecule has 1 fully saturated rings. The summed E-state index contributed by atoms with van der Waals surface area (Å²) in [5.41, 5.74) is -0.594. The summed E-state index contributed by atoms with van der Waals surface area (Å²) in [6.45, 7) is 2.92. The number of piperazine rings is 1. The molecule has 1 amide bonds. The van der Waals surface area contributed by atoms with Crippen LogP contribution in [0.2, 0.25) is 0 Å². The minimum absolute atomic E-state index is 0. The van der Waals surface area contributed by atoms with Gasteiger partial charge in [0.1, 0.15) is 5.60 Å². The van der Waals surface area contributed by atoms with Crippen LogP contribution in [-0.4, -0.2) is 60.6 Å². The minimum atomic E-state index is -4.82. The number of hydrogen-bond donors (Lipinski definition) is 0. The summed E-state index contributed by atoms with van der Waals surface area (Å²) >= 11 is 0. The molecular formula is C11H21BF3KN2O2. The van der Waals surface area contributed by atoms with Crippen molar-refractivity contribution in [3.63, 3.8) is 0 Å². The van der Waals surface area contributed by atoms with Crippen molar-refractivity contribution >= 4 is 13.1 Å². The molecule has 0 spiro atoms. The van der Waals surface area contributed by atoms with E-state index < -0.39 is 25.1 Å². The van der Waals surface area contributed by atoms with Crippen molar-refractivity contribution in [1.29, 1.82) is 0 Å². The largest absolute Gasteiger partial charge is 1.00 e. The number of amides is 1.